The molecule has 1 aromatic carbocycles. The molecule has 0 atom stereocenters. The number of carbonyl (C=O) groups excluding carboxylic acids is 1. The molecular weight excluding hydrogens is 206 g/mol. The fraction of sp³-hybridized carbons (Fsp3) is 0.300. The largest absolute Gasteiger partial charge is 0.494 e. The van der Waals surface area contributed by atoms with Gasteiger partial charge >= 0.3 is 5.97 Å². The molecule has 0 saturated carbocycles. The highest BCUT2D eigenvalue weighted by Gasteiger charge is 2.13. The van der Waals surface area contributed by atoms with Gasteiger partial charge in [0.05, 0.1) is 20.6 Å². The molecule has 1 aromatic rings. The lowest BCUT2D eigenvalue weighted by Crippen LogP contribution is -2.05. The van der Waals surface area contributed by atoms with Crippen molar-refractivity contribution in [1.82, 2.24) is 0 Å². The Bertz CT molecular complexity index is 377. The lowest BCUT2D eigenvalue weighted by molar-refractivity contribution is -0.139. The van der Waals surface area contributed by atoms with Crippen LogP contribution in [0.5, 0.6) is 5.75 Å². The topological polar surface area (TPSA) is 35.5 Å². The monoisotopic (exact) mass is 216 g/mol. The Morgan fingerprint density at radius 2 is 2.00 bits per heavy atom. The molecule has 0 aliphatic rings. The van der Waals surface area contributed by atoms with Gasteiger partial charge in [-0.15, -0.1) is 0 Å². The van der Waals surface area contributed by atoms with Gasteiger partial charge in [-0.1, -0.05) is 0 Å². The number of benzene rings is 1. The van der Waals surface area contributed by atoms with E-state index in [9.17, 15) is 13.6 Å². The van der Waals surface area contributed by atoms with Crippen LogP contribution in [0.1, 0.15) is 5.56 Å². The highest BCUT2D eigenvalue weighted by atomic mass is 19.2. The minimum Gasteiger partial charge on any atom is -0.494 e. The quantitative estimate of drug-likeness (QED) is 0.721. The molecule has 0 bridgehead atoms. The van der Waals surface area contributed by atoms with E-state index < -0.39 is 17.6 Å². The van der Waals surface area contributed by atoms with Gasteiger partial charge in [-0.2, -0.15) is 4.39 Å². The Kier molecular flexibility index (Phi) is 3.60. The fourth-order valence-electron chi connectivity index (χ4n) is 1.11. The maximum absolute atomic E-state index is 13.0. The van der Waals surface area contributed by atoms with E-state index in [1.807, 2.05) is 0 Å². The number of carbonyl (C=O) groups is 1. The molecule has 0 radical (unpaired) electrons. The van der Waals surface area contributed by atoms with Crippen LogP contribution in [0.2, 0.25) is 0 Å². The predicted molar refractivity (Wildman–Crippen MR) is 48.6 cm³/mol. The van der Waals surface area contributed by atoms with Crippen LogP contribution in [-0.4, -0.2) is 20.2 Å². The van der Waals surface area contributed by atoms with Crippen molar-refractivity contribution in [2.24, 2.45) is 0 Å². The highest BCUT2D eigenvalue weighted by molar-refractivity contribution is 5.72. The smallest absolute Gasteiger partial charge is 0.309 e. The zero-order valence-electron chi connectivity index (χ0n) is 8.34. The first kappa shape index (κ1) is 11.4. The molecule has 0 heterocycles. The molecular formula is C10H10F2O3. The van der Waals surface area contributed by atoms with Crippen molar-refractivity contribution < 1.29 is 23.0 Å². The zero-order valence-corrected chi connectivity index (χ0v) is 8.34. The van der Waals surface area contributed by atoms with Gasteiger partial charge in [0, 0.05) is 0 Å². The van der Waals surface area contributed by atoms with Gasteiger partial charge in [-0.25, -0.2) is 4.39 Å². The molecule has 0 spiro atoms. The van der Waals surface area contributed by atoms with Crippen LogP contribution in [0.4, 0.5) is 8.78 Å². The van der Waals surface area contributed by atoms with E-state index in [0.29, 0.717) is 5.56 Å². The number of halogens is 2. The van der Waals surface area contributed by atoms with Crippen molar-refractivity contribution in [3.05, 3.63) is 29.3 Å². The van der Waals surface area contributed by atoms with Crippen LogP contribution >= 0.6 is 0 Å². The van der Waals surface area contributed by atoms with Gasteiger partial charge in [0.2, 0.25) is 5.82 Å². The summed E-state index contributed by atoms with van der Waals surface area (Å²) in [4.78, 5) is 10.9. The first-order chi connectivity index (χ1) is 7.08. The van der Waals surface area contributed by atoms with Crippen molar-refractivity contribution in [1.29, 1.82) is 0 Å². The maximum Gasteiger partial charge on any atom is 0.309 e. The molecule has 0 aliphatic heterocycles. The number of methoxy groups -OCH3 is 2. The molecule has 82 valence electrons. The molecule has 0 saturated heterocycles. The number of ether oxygens (including phenoxy) is 2. The third-order valence-electron chi connectivity index (χ3n) is 1.85. The van der Waals surface area contributed by atoms with E-state index in [0.717, 1.165) is 6.07 Å². The van der Waals surface area contributed by atoms with Gasteiger partial charge in [0.15, 0.2) is 11.6 Å². The second-order valence-electron chi connectivity index (χ2n) is 2.85. The summed E-state index contributed by atoms with van der Waals surface area (Å²) in [5, 5.41) is 0. The van der Waals surface area contributed by atoms with E-state index >= 15 is 0 Å². The van der Waals surface area contributed by atoms with Crippen molar-refractivity contribution in [2.45, 2.75) is 6.42 Å². The molecule has 3 nitrogen and oxygen atoms in total. The van der Waals surface area contributed by atoms with Crippen LogP contribution in [0.25, 0.3) is 0 Å². The third-order valence-corrected chi connectivity index (χ3v) is 1.85. The fourth-order valence-corrected chi connectivity index (χ4v) is 1.11. The molecule has 0 aromatic heterocycles. The summed E-state index contributed by atoms with van der Waals surface area (Å²) >= 11 is 0. The molecule has 0 fully saturated rings. The molecule has 0 N–H and O–H groups in total. The van der Waals surface area contributed by atoms with Gasteiger partial charge in [0.25, 0.3) is 0 Å². The number of esters is 1. The molecule has 15 heavy (non-hydrogen) atoms. The van der Waals surface area contributed by atoms with Crippen LogP contribution in [0.3, 0.4) is 0 Å². The normalized spacial score (nSPS) is 9.87. The summed E-state index contributed by atoms with van der Waals surface area (Å²) in [7, 11) is 2.44. The summed E-state index contributed by atoms with van der Waals surface area (Å²) < 4.78 is 35.0. The summed E-state index contributed by atoms with van der Waals surface area (Å²) in [5.41, 5.74) is 0.303. The minimum absolute atomic E-state index is 0.121. The first-order valence-electron chi connectivity index (χ1n) is 4.17. The SMILES string of the molecule is COC(=O)Cc1cc(F)c(F)c(OC)c1. The number of hydrogen-bond donors (Lipinski definition) is 0. The average Bonchev–Trinajstić information content (AvgIpc) is 2.22. The van der Waals surface area contributed by atoms with Crippen molar-refractivity contribution >= 4 is 5.97 Å². The van der Waals surface area contributed by atoms with Crippen LogP contribution < -0.4 is 4.74 Å². The first-order valence-corrected chi connectivity index (χ1v) is 4.17. The summed E-state index contributed by atoms with van der Waals surface area (Å²) in [6.07, 6.45) is -0.121. The Hall–Kier alpha value is -1.65. The number of rotatable bonds is 3. The summed E-state index contributed by atoms with van der Waals surface area (Å²) in [6.45, 7) is 0. The van der Waals surface area contributed by atoms with E-state index in [1.165, 1.54) is 20.3 Å². The zero-order chi connectivity index (χ0) is 11.4. The lowest BCUT2D eigenvalue weighted by atomic mass is 10.1. The summed E-state index contributed by atoms with van der Waals surface area (Å²) in [6, 6.07) is 2.20. The van der Waals surface area contributed by atoms with Gasteiger partial charge in [-0.3, -0.25) is 4.79 Å². The Morgan fingerprint density at radius 1 is 1.33 bits per heavy atom. The highest BCUT2D eigenvalue weighted by Crippen LogP contribution is 2.22. The van der Waals surface area contributed by atoms with Crippen LogP contribution in [0, 0.1) is 11.6 Å². The molecule has 1 rings (SSSR count). The second kappa shape index (κ2) is 4.72. The van der Waals surface area contributed by atoms with Crippen molar-refractivity contribution in [3.8, 4) is 5.75 Å². The van der Waals surface area contributed by atoms with Crippen LogP contribution in [0.15, 0.2) is 12.1 Å². The van der Waals surface area contributed by atoms with Crippen molar-refractivity contribution in [2.75, 3.05) is 14.2 Å². The standard InChI is InChI=1S/C10H10F2O3/c1-14-8-4-6(5-9(13)15-2)3-7(11)10(8)12/h3-4H,5H2,1-2H3. The Labute approximate surface area is 85.6 Å². The average molecular weight is 216 g/mol. The summed E-state index contributed by atoms with van der Waals surface area (Å²) in [5.74, 6) is -2.86. The second-order valence-corrected chi connectivity index (χ2v) is 2.85. The van der Waals surface area contributed by atoms with E-state index in [1.54, 1.807) is 0 Å². The molecule has 0 unspecified atom stereocenters. The lowest BCUT2D eigenvalue weighted by Gasteiger charge is -2.06. The molecule has 0 aliphatic carbocycles. The van der Waals surface area contributed by atoms with Crippen LogP contribution in [-0.2, 0) is 16.0 Å². The molecule has 5 heteroatoms. The Morgan fingerprint density at radius 3 is 2.53 bits per heavy atom. The predicted octanol–water partition coefficient (Wildman–Crippen LogP) is 1.69. The minimum atomic E-state index is -1.06. The Balaban J connectivity index is 3.00. The molecule has 0 amide bonds. The van der Waals surface area contributed by atoms with E-state index in [2.05, 4.69) is 9.47 Å². The van der Waals surface area contributed by atoms with Gasteiger partial charge < -0.3 is 9.47 Å². The maximum atomic E-state index is 13.0. The van der Waals surface area contributed by atoms with Crippen molar-refractivity contribution in [3.63, 3.8) is 0 Å². The van der Waals surface area contributed by atoms with E-state index in [-0.39, 0.29) is 12.2 Å². The van der Waals surface area contributed by atoms with E-state index in [4.69, 9.17) is 0 Å². The van der Waals surface area contributed by atoms with Gasteiger partial charge in [0.1, 0.15) is 0 Å². The third kappa shape index (κ3) is 2.65. The number of hydrogen-bond acceptors (Lipinski definition) is 3. The van der Waals surface area contributed by atoms with Gasteiger partial charge in [-0.05, 0) is 17.7 Å².